The number of hydrogen-bond donors (Lipinski definition) is 0. The molecule has 15 heavy (non-hydrogen) atoms. The van der Waals surface area contributed by atoms with Gasteiger partial charge in [-0.2, -0.15) is 0 Å². The molecule has 3 nitrogen and oxygen atoms in total. The number of halogens is 3. The van der Waals surface area contributed by atoms with E-state index in [1.54, 1.807) is 0 Å². The zero-order valence-electron chi connectivity index (χ0n) is 7.49. The van der Waals surface area contributed by atoms with Crippen molar-refractivity contribution in [2.24, 2.45) is 5.11 Å². The molecule has 1 aromatic carbocycles. The van der Waals surface area contributed by atoms with E-state index in [1.165, 1.54) is 12.2 Å². The van der Waals surface area contributed by atoms with Gasteiger partial charge < -0.3 is 0 Å². The van der Waals surface area contributed by atoms with Crippen LogP contribution in [0.5, 0.6) is 0 Å². The first-order valence-corrected chi connectivity index (χ1v) is 4.76. The maximum absolute atomic E-state index is 13.2. The van der Waals surface area contributed by atoms with Crippen LogP contribution in [-0.2, 0) is 0 Å². The van der Waals surface area contributed by atoms with E-state index in [0.29, 0.717) is 4.47 Å². The fraction of sp³-hybridized carbons (Fsp3) is 0.111. The Morgan fingerprint density at radius 3 is 2.53 bits per heavy atom. The molecule has 0 aromatic heterocycles. The van der Waals surface area contributed by atoms with Gasteiger partial charge in [0.1, 0.15) is 11.6 Å². The molecule has 6 heteroatoms. The molecule has 0 bridgehead atoms. The van der Waals surface area contributed by atoms with Crippen LogP contribution in [0.1, 0.15) is 5.56 Å². The average molecular weight is 274 g/mol. The van der Waals surface area contributed by atoms with Gasteiger partial charge in [-0.25, -0.2) is 8.78 Å². The molecular formula is C9H6BrF2N3. The Labute approximate surface area is 93.2 Å². The molecular weight excluding hydrogens is 268 g/mol. The molecule has 1 rings (SSSR count). The van der Waals surface area contributed by atoms with E-state index in [9.17, 15) is 8.78 Å². The Balaban J connectivity index is 2.94. The number of hydrogen-bond acceptors (Lipinski definition) is 1. The highest BCUT2D eigenvalue weighted by Crippen LogP contribution is 2.20. The minimum absolute atomic E-state index is 0.0610. The predicted molar refractivity (Wildman–Crippen MR) is 57.1 cm³/mol. The van der Waals surface area contributed by atoms with E-state index in [2.05, 4.69) is 26.0 Å². The molecule has 0 N–H and O–H groups in total. The first kappa shape index (κ1) is 11.7. The molecule has 0 fully saturated rings. The normalized spacial score (nSPS) is 10.3. The van der Waals surface area contributed by atoms with Crippen LogP contribution in [-0.4, -0.2) is 6.54 Å². The molecule has 0 atom stereocenters. The molecule has 0 saturated carbocycles. The molecule has 0 amide bonds. The predicted octanol–water partition coefficient (Wildman–Crippen LogP) is 4.05. The summed E-state index contributed by atoms with van der Waals surface area (Å²) in [6.07, 6.45) is 2.63. The van der Waals surface area contributed by atoms with Gasteiger partial charge in [0, 0.05) is 21.5 Å². The summed E-state index contributed by atoms with van der Waals surface area (Å²) in [7, 11) is 0. The second kappa shape index (κ2) is 5.48. The lowest BCUT2D eigenvalue weighted by atomic mass is 10.2. The summed E-state index contributed by atoms with van der Waals surface area (Å²) in [6, 6.07) is 2.33. The minimum atomic E-state index is -0.668. The van der Waals surface area contributed by atoms with Crippen molar-refractivity contribution in [3.05, 3.63) is 50.3 Å². The molecule has 0 heterocycles. The second-order valence-corrected chi connectivity index (χ2v) is 3.51. The first-order chi connectivity index (χ1) is 7.15. The van der Waals surface area contributed by atoms with Crippen LogP contribution in [0, 0.1) is 11.6 Å². The van der Waals surface area contributed by atoms with E-state index < -0.39 is 11.6 Å². The molecule has 78 valence electrons. The quantitative estimate of drug-likeness (QED) is 0.453. The summed E-state index contributed by atoms with van der Waals surface area (Å²) < 4.78 is 26.7. The van der Waals surface area contributed by atoms with Crippen molar-refractivity contribution in [3.8, 4) is 0 Å². The Bertz CT molecular complexity index is 416. The second-order valence-electron chi connectivity index (χ2n) is 2.60. The zero-order valence-corrected chi connectivity index (χ0v) is 9.08. The van der Waals surface area contributed by atoms with Crippen molar-refractivity contribution >= 4 is 22.0 Å². The van der Waals surface area contributed by atoms with Crippen LogP contribution < -0.4 is 0 Å². The summed E-state index contributed by atoms with van der Waals surface area (Å²) in [5, 5.41) is 3.20. The largest absolute Gasteiger partial charge is 0.206 e. The standard InChI is InChI=1S/C9H6BrF2N3/c10-6-4-8(11)7(9(12)5-6)2-1-3-14-15-13/h1-2,4-5H,3H2. The molecule has 0 aliphatic rings. The zero-order chi connectivity index (χ0) is 11.3. The van der Waals surface area contributed by atoms with Crippen LogP contribution in [0.2, 0.25) is 0 Å². The van der Waals surface area contributed by atoms with E-state index in [1.807, 2.05) is 0 Å². The van der Waals surface area contributed by atoms with Gasteiger partial charge in [0.15, 0.2) is 0 Å². The first-order valence-electron chi connectivity index (χ1n) is 3.97. The van der Waals surface area contributed by atoms with E-state index in [4.69, 9.17) is 5.53 Å². The van der Waals surface area contributed by atoms with Crippen LogP contribution in [0.15, 0.2) is 27.8 Å². The van der Waals surface area contributed by atoms with Crippen molar-refractivity contribution in [2.45, 2.75) is 0 Å². The van der Waals surface area contributed by atoms with Crippen molar-refractivity contribution in [3.63, 3.8) is 0 Å². The molecule has 1 aromatic rings. The summed E-state index contributed by atoms with van der Waals surface area (Å²) in [4.78, 5) is 2.50. The van der Waals surface area contributed by atoms with Gasteiger partial charge in [0.2, 0.25) is 0 Å². The van der Waals surface area contributed by atoms with Gasteiger partial charge in [-0.15, -0.1) is 0 Å². The van der Waals surface area contributed by atoms with Crippen molar-refractivity contribution < 1.29 is 8.78 Å². The van der Waals surface area contributed by atoms with Gasteiger partial charge in [-0.1, -0.05) is 33.2 Å². The van der Waals surface area contributed by atoms with Gasteiger partial charge in [0.05, 0.1) is 0 Å². The van der Waals surface area contributed by atoms with Crippen molar-refractivity contribution in [2.75, 3.05) is 6.54 Å². The Morgan fingerprint density at radius 1 is 1.40 bits per heavy atom. The van der Waals surface area contributed by atoms with Gasteiger partial charge in [-0.05, 0) is 17.7 Å². The van der Waals surface area contributed by atoms with Gasteiger partial charge in [0.25, 0.3) is 0 Å². The van der Waals surface area contributed by atoms with Crippen LogP contribution in [0.4, 0.5) is 8.78 Å². The number of benzene rings is 1. The lowest BCUT2D eigenvalue weighted by Gasteiger charge is -1.99. The van der Waals surface area contributed by atoms with Gasteiger partial charge >= 0.3 is 0 Å². The highest BCUT2D eigenvalue weighted by molar-refractivity contribution is 9.10. The topological polar surface area (TPSA) is 48.8 Å². The number of rotatable bonds is 3. The Kier molecular flexibility index (Phi) is 4.27. The third-order valence-corrected chi connectivity index (χ3v) is 2.04. The number of nitrogens with zero attached hydrogens (tertiary/aromatic N) is 3. The fourth-order valence-electron chi connectivity index (χ4n) is 0.967. The van der Waals surface area contributed by atoms with Crippen molar-refractivity contribution in [1.82, 2.24) is 0 Å². The molecule has 0 radical (unpaired) electrons. The highest BCUT2D eigenvalue weighted by atomic mass is 79.9. The monoisotopic (exact) mass is 273 g/mol. The lowest BCUT2D eigenvalue weighted by molar-refractivity contribution is 0.577. The number of azide groups is 1. The molecule has 0 spiro atoms. The Hall–Kier alpha value is -1.39. The summed E-state index contributed by atoms with van der Waals surface area (Å²) in [5.74, 6) is -1.34. The van der Waals surface area contributed by atoms with E-state index in [-0.39, 0.29) is 12.1 Å². The SMILES string of the molecule is [N-]=[N+]=NCC=Cc1c(F)cc(Br)cc1F. The smallest absolute Gasteiger partial charge is 0.134 e. The Morgan fingerprint density at radius 2 is 2.00 bits per heavy atom. The molecule has 0 aliphatic carbocycles. The lowest BCUT2D eigenvalue weighted by Crippen LogP contribution is -1.88. The van der Waals surface area contributed by atoms with Crippen LogP contribution in [0.25, 0.3) is 16.5 Å². The third-order valence-electron chi connectivity index (χ3n) is 1.58. The third kappa shape index (κ3) is 3.34. The molecule has 0 aliphatic heterocycles. The molecule has 0 unspecified atom stereocenters. The van der Waals surface area contributed by atoms with Crippen molar-refractivity contribution in [1.29, 1.82) is 0 Å². The fourth-order valence-corrected chi connectivity index (χ4v) is 1.37. The summed E-state index contributed by atoms with van der Waals surface area (Å²) in [6.45, 7) is 0.0610. The maximum atomic E-state index is 13.2. The van der Waals surface area contributed by atoms with Crippen LogP contribution in [0.3, 0.4) is 0 Å². The van der Waals surface area contributed by atoms with E-state index in [0.717, 1.165) is 12.1 Å². The maximum Gasteiger partial charge on any atom is 0.134 e. The van der Waals surface area contributed by atoms with Gasteiger partial charge in [-0.3, -0.25) is 0 Å². The average Bonchev–Trinajstić information content (AvgIpc) is 2.15. The highest BCUT2D eigenvalue weighted by Gasteiger charge is 2.06. The summed E-state index contributed by atoms with van der Waals surface area (Å²) >= 11 is 2.97. The summed E-state index contributed by atoms with van der Waals surface area (Å²) in [5.41, 5.74) is 7.83. The van der Waals surface area contributed by atoms with E-state index >= 15 is 0 Å². The minimum Gasteiger partial charge on any atom is -0.206 e. The van der Waals surface area contributed by atoms with Crippen LogP contribution >= 0.6 is 15.9 Å². The molecule has 0 saturated heterocycles.